The molecule has 1 atom stereocenters. The SMILES string of the molecule is NC(C(=O)NCC(=O)Nc1ccc(Cl)cc1C(=O)c1ccccc1)c1ccccc1. The van der Waals surface area contributed by atoms with Gasteiger partial charge in [-0.05, 0) is 23.8 Å². The Morgan fingerprint density at radius 3 is 2.20 bits per heavy atom. The van der Waals surface area contributed by atoms with E-state index in [4.69, 9.17) is 17.3 Å². The first kappa shape index (κ1) is 21.2. The largest absolute Gasteiger partial charge is 0.345 e. The minimum absolute atomic E-state index is 0.259. The van der Waals surface area contributed by atoms with Crippen LogP contribution >= 0.6 is 11.6 Å². The molecule has 3 aromatic rings. The van der Waals surface area contributed by atoms with Gasteiger partial charge in [-0.25, -0.2) is 0 Å². The van der Waals surface area contributed by atoms with Crippen molar-refractivity contribution < 1.29 is 14.4 Å². The van der Waals surface area contributed by atoms with E-state index in [1.807, 2.05) is 6.07 Å². The molecule has 0 saturated carbocycles. The fraction of sp³-hybridized carbons (Fsp3) is 0.0870. The van der Waals surface area contributed by atoms with Crippen molar-refractivity contribution in [2.45, 2.75) is 6.04 Å². The molecule has 2 amide bonds. The van der Waals surface area contributed by atoms with Crippen molar-refractivity contribution in [3.05, 3.63) is 101 Å². The van der Waals surface area contributed by atoms with Gasteiger partial charge in [-0.3, -0.25) is 14.4 Å². The Labute approximate surface area is 179 Å². The highest BCUT2D eigenvalue weighted by Crippen LogP contribution is 2.23. The molecule has 1 unspecified atom stereocenters. The summed E-state index contributed by atoms with van der Waals surface area (Å²) in [6.07, 6.45) is 0. The molecule has 7 heteroatoms. The van der Waals surface area contributed by atoms with Gasteiger partial charge in [0.05, 0.1) is 12.2 Å². The van der Waals surface area contributed by atoms with Crippen LogP contribution in [-0.2, 0) is 9.59 Å². The lowest BCUT2D eigenvalue weighted by molar-refractivity contribution is -0.125. The number of hydrogen-bond donors (Lipinski definition) is 3. The lowest BCUT2D eigenvalue weighted by atomic mass is 10.0. The van der Waals surface area contributed by atoms with Gasteiger partial charge in [0, 0.05) is 16.1 Å². The van der Waals surface area contributed by atoms with Crippen molar-refractivity contribution in [1.82, 2.24) is 5.32 Å². The van der Waals surface area contributed by atoms with Crippen LogP contribution in [0.1, 0.15) is 27.5 Å². The zero-order valence-electron chi connectivity index (χ0n) is 16.0. The van der Waals surface area contributed by atoms with Crippen LogP contribution in [0.2, 0.25) is 5.02 Å². The molecule has 4 N–H and O–H groups in total. The topological polar surface area (TPSA) is 101 Å². The molecule has 6 nitrogen and oxygen atoms in total. The maximum absolute atomic E-state index is 12.8. The van der Waals surface area contributed by atoms with E-state index in [1.54, 1.807) is 66.7 Å². The Morgan fingerprint density at radius 2 is 1.53 bits per heavy atom. The Morgan fingerprint density at radius 1 is 0.900 bits per heavy atom. The second-order valence-corrected chi connectivity index (χ2v) is 6.98. The summed E-state index contributed by atoms with van der Waals surface area (Å²) in [5.74, 6) is -1.25. The van der Waals surface area contributed by atoms with Gasteiger partial charge < -0.3 is 16.4 Å². The van der Waals surface area contributed by atoms with E-state index in [0.29, 0.717) is 21.8 Å². The van der Waals surface area contributed by atoms with Gasteiger partial charge in [0.25, 0.3) is 0 Å². The highest BCUT2D eigenvalue weighted by molar-refractivity contribution is 6.31. The van der Waals surface area contributed by atoms with Crippen molar-refractivity contribution in [3.8, 4) is 0 Å². The van der Waals surface area contributed by atoms with Gasteiger partial charge in [-0.1, -0.05) is 72.3 Å². The van der Waals surface area contributed by atoms with Crippen LogP contribution in [0.3, 0.4) is 0 Å². The van der Waals surface area contributed by atoms with Gasteiger partial charge in [0.15, 0.2) is 5.78 Å². The van der Waals surface area contributed by atoms with Gasteiger partial charge in [0.1, 0.15) is 6.04 Å². The quantitative estimate of drug-likeness (QED) is 0.509. The first-order chi connectivity index (χ1) is 14.5. The molecule has 152 valence electrons. The summed E-state index contributed by atoms with van der Waals surface area (Å²) in [6.45, 7) is -0.291. The number of anilines is 1. The molecule has 3 rings (SSSR count). The van der Waals surface area contributed by atoms with Gasteiger partial charge in [0.2, 0.25) is 11.8 Å². The lowest BCUT2D eigenvalue weighted by Gasteiger charge is -2.14. The number of hydrogen-bond acceptors (Lipinski definition) is 4. The molecule has 0 saturated heterocycles. The second kappa shape index (κ2) is 9.82. The maximum Gasteiger partial charge on any atom is 0.243 e. The summed E-state index contributed by atoms with van der Waals surface area (Å²) in [5.41, 5.74) is 7.60. The van der Waals surface area contributed by atoms with Gasteiger partial charge in [-0.2, -0.15) is 0 Å². The average Bonchev–Trinajstić information content (AvgIpc) is 2.78. The third-order valence-electron chi connectivity index (χ3n) is 4.40. The highest BCUT2D eigenvalue weighted by atomic mass is 35.5. The Balaban J connectivity index is 1.67. The maximum atomic E-state index is 12.8. The zero-order valence-corrected chi connectivity index (χ0v) is 16.7. The first-order valence-electron chi connectivity index (χ1n) is 9.23. The van der Waals surface area contributed by atoms with E-state index in [9.17, 15) is 14.4 Å². The summed E-state index contributed by atoms with van der Waals surface area (Å²) in [6, 6.07) is 21.3. The van der Waals surface area contributed by atoms with Crippen molar-refractivity contribution in [2.24, 2.45) is 5.73 Å². The molecule has 0 aromatic heterocycles. The van der Waals surface area contributed by atoms with E-state index in [2.05, 4.69) is 10.6 Å². The molecule has 0 aliphatic heterocycles. The number of amides is 2. The number of carbonyl (C=O) groups is 3. The molecule has 3 aromatic carbocycles. The number of rotatable bonds is 7. The molecular weight excluding hydrogens is 402 g/mol. The highest BCUT2D eigenvalue weighted by Gasteiger charge is 2.18. The summed E-state index contributed by atoms with van der Waals surface area (Å²) in [7, 11) is 0. The average molecular weight is 422 g/mol. The van der Waals surface area contributed by atoms with Crippen LogP contribution in [0, 0.1) is 0 Å². The van der Waals surface area contributed by atoms with Crippen LogP contribution in [-0.4, -0.2) is 24.1 Å². The number of nitrogens with two attached hydrogens (primary N) is 1. The van der Waals surface area contributed by atoms with Crippen molar-refractivity contribution in [2.75, 3.05) is 11.9 Å². The van der Waals surface area contributed by atoms with Crippen LogP contribution in [0.25, 0.3) is 0 Å². The molecule has 30 heavy (non-hydrogen) atoms. The number of halogens is 1. The minimum Gasteiger partial charge on any atom is -0.345 e. The molecule has 0 fully saturated rings. The predicted molar refractivity (Wildman–Crippen MR) is 116 cm³/mol. The Hall–Kier alpha value is -3.48. The van der Waals surface area contributed by atoms with E-state index in [1.165, 1.54) is 6.07 Å². The van der Waals surface area contributed by atoms with Crippen molar-refractivity contribution in [3.63, 3.8) is 0 Å². The molecule has 0 spiro atoms. The van der Waals surface area contributed by atoms with E-state index < -0.39 is 17.9 Å². The summed E-state index contributed by atoms with van der Waals surface area (Å²) in [5, 5.41) is 5.52. The number of benzene rings is 3. The third kappa shape index (κ3) is 5.31. The standard InChI is InChI=1S/C23H20ClN3O3/c24-17-11-12-19(18(13-17)22(29)16-9-5-2-6-10-16)27-20(28)14-26-23(30)21(25)15-7-3-1-4-8-15/h1-13,21H,14,25H2,(H,26,30)(H,27,28). The Kier molecular flexibility index (Phi) is 6.95. The second-order valence-electron chi connectivity index (χ2n) is 6.54. The van der Waals surface area contributed by atoms with E-state index in [-0.39, 0.29) is 17.9 Å². The van der Waals surface area contributed by atoms with E-state index in [0.717, 1.165) is 0 Å². The Bertz CT molecular complexity index is 1060. The number of carbonyl (C=O) groups excluding carboxylic acids is 3. The molecule has 0 aliphatic carbocycles. The normalized spacial score (nSPS) is 11.4. The summed E-state index contributed by atoms with van der Waals surface area (Å²) in [4.78, 5) is 37.4. The number of ketones is 1. The molecule has 0 aliphatic rings. The van der Waals surface area contributed by atoms with E-state index >= 15 is 0 Å². The van der Waals surface area contributed by atoms with Crippen LogP contribution < -0.4 is 16.4 Å². The predicted octanol–water partition coefficient (Wildman–Crippen LogP) is 3.33. The molecular formula is C23H20ClN3O3. The fourth-order valence-electron chi connectivity index (χ4n) is 2.84. The van der Waals surface area contributed by atoms with Crippen LogP contribution in [0.5, 0.6) is 0 Å². The van der Waals surface area contributed by atoms with Crippen LogP contribution in [0.4, 0.5) is 5.69 Å². The third-order valence-corrected chi connectivity index (χ3v) is 4.64. The lowest BCUT2D eigenvalue weighted by Crippen LogP contribution is -2.38. The monoisotopic (exact) mass is 421 g/mol. The fourth-order valence-corrected chi connectivity index (χ4v) is 3.01. The van der Waals surface area contributed by atoms with Crippen molar-refractivity contribution in [1.29, 1.82) is 0 Å². The minimum atomic E-state index is -0.884. The molecule has 0 bridgehead atoms. The van der Waals surface area contributed by atoms with Crippen LogP contribution in [0.15, 0.2) is 78.9 Å². The van der Waals surface area contributed by atoms with Gasteiger partial charge >= 0.3 is 0 Å². The first-order valence-corrected chi connectivity index (χ1v) is 9.61. The molecule has 0 heterocycles. The smallest absolute Gasteiger partial charge is 0.243 e. The zero-order chi connectivity index (χ0) is 21.5. The molecule has 0 radical (unpaired) electrons. The van der Waals surface area contributed by atoms with Gasteiger partial charge in [-0.15, -0.1) is 0 Å². The summed E-state index contributed by atoms with van der Waals surface area (Å²) >= 11 is 6.04. The van der Waals surface area contributed by atoms with Crippen molar-refractivity contribution >= 4 is 34.9 Å². The summed E-state index contributed by atoms with van der Waals surface area (Å²) < 4.78 is 0. The number of nitrogens with one attached hydrogen (secondary N) is 2.